The number of ether oxygens (including phenoxy) is 1. The van der Waals surface area contributed by atoms with Crippen molar-refractivity contribution in [2.75, 3.05) is 0 Å². The quantitative estimate of drug-likeness (QED) is 0.880. The van der Waals surface area contributed by atoms with Gasteiger partial charge < -0.3 is 10.1 Å². The zero-order valence-electron chi connectivity index (χ0n) is 11.6. The summed E-state index contributed by atoms with van der Waals surface area (Å²) in [5.74, 6) is 0.973. The molecule has 0 unspecified atom stereocenters. The van der Waals surface area contributed by atoms with Gasteiger partial charge in [0.25, 0.3) is 0 Å². The van der Waals surface area contributed by atoms with Gasteiger partial charge >= 0.3 is 0 Å². The minimum atomic E-state index is -0.270. The zero-order chi connectivity index (χ0) is 14.4. The molecule has 4 nitrogen and oxygen atoms in total. The first-order chi connectivity index (χ1) is 9.65. The van der Waals surface area contributed by atoms with Crippen molar-refractivity contribution < 1.29 is 9.13 Å². The fourth-order valence-corrected chi connectivity index (χ4v) is 1.69. The molecule has 106 valence electrons. The van der Waals surface area contributed by atoms with Crippen LogP contribution >= 0.6 is 0 Å². The lowest BCUT2D eigenvalue weighted by atomic mass is 10.2. The van der Waals surface area contributed by atoms with Crippen molar-refractivity contribution in [1.29, 1.82) is 0 Å². The van der Waals surface area contributed by atoms with Crippen LogP contribution in [0, 0.1) is 5.82 Å². The molecule has 1 aromatic heterocycles. The van der Waals surface area contributed by atoms with Crippen molar-refractivity contribution in [3.63, 3.8) is 0 Å². The standard InChI is InChI=1S/C15H18FN3O/c1-11(2)19-9-12-8-13(16)4-5-14(12)20-10-15-17-6-3-7-18-15/h3-8,11,19H,9-10H2,1-2H3. The maximum atomic E-state index is 13.3. The number of hydrogen-bond donors (Lipinski definition) is 1. The van der Waals surface area contributed by atoms with Crippen molar-refractivity contribution in [1.82, 2.24) is 15.3 Å². The minimum absolute atomic E-state index is 0.265. The molecule has 5 heteroatoms. The van der Waals surface area contributed by atoms with E-state index in [2.05, 4.69) is 15.3 Å². The minimum Gasteiger partial charge on any atom is -0.485 e. The molecule has 20 heavy (non-hydrogen) atoms. The van der Waals surface area contributed by atoms with Crippen molar-refractivity contribution in [3.8, 4) is 5.75 Å². The van der Waals surface area contributed by atoms with E-state index in [1.165, 1.54) is 12.1 Å². The molecular weight excluding hydrogens is 257 g/mol. The van der Waals surface area contributed by atoms with E-state index in [0.29, 0.717) is 24.2 Å². The summed E-state index contributed by atoms with van der Waals surface area (Å²) in [5.41, 5.74) is 0.787. The van der Waals surface area contributed by atoms with Gasteiger partial charge in [0.05, 0.1) is 0 Å². The topological polar surface area (TPSA) is 47.0 Å². The molecule has 0 bridgehead atoms. The van der Waals surface area contributed by atoms with Crippen LogP contribution in [0.3, 0.4) is 0 Å². The number of nitrogens with one attached hydrogen (secondary N) is 1. The van der Waals surface area contributed by atoms with Crippen LogP contribution < -0.4 is 10.1 Å². The number of rotatable bonds is 6. The van der Waals surface area contributed by atoms with Gasteiger partial charge in [-0.2, -0.15) is 0 Å². The van der Waals surface area contributed by atoms with Gasteiger partial charge in [-0.25, -0.2) is 14.4 Å². The Labute approximate surface area is 118 Å². The van der Waals surface area contributed by atoms with Gasteiger partial charge in [0.15, 0.2) is 5.82 Å². The first-order valence-corrected chi connectivity index (χ1v) is 6.55. The van der Waals surface area contributed by atoms with Gasteiger partial charge in [-0.1, -0.05) is 13.8 Å². The summed E-state index contributed by atoms with van der Waals surface area (Å²) in [6.07, 6.45) is 3.33. The Balaban J connectivity index is 2.06. The Hall–Kier alpha value is -2.01. The Morgan fingerprint density at radius 2 is 2.00 bits per heavy atom. The molecule has 0 saturated carbocycles. The molecule has 0 aliphatic heterocycles. The number of nitrogens with zero attached hydrogens (tertiary/aromatic N) is 2. The summed E-state index contributed by atoms with van der Waals surface area (Å²) in [7, 11) is 0. The van der Waals surface area contributed by atoms with Gasteiger partial charge in [0.1, 0.15) is 18.2 Å². The fourth-order valence-electron chi connectivity index (χ4n) is 1.69. The molecule has 1 heterocycles. The Morgan fingerprint density at radius 3 is 2.70 bits per heavy atom. The average molecular weight is 275 g/mol. The first kappa shape index (κ1) is 14.4. The summed E-state index contributed by atoms with van der Waals surface area (Å²) in [6, 6.07) is 6.58. The van der Waals surface area contributed by atoms with Crippen LogP contribution in [0.2, 0.25) is 0 Å². The van der Waals surface area contributed by atoms with Crippen LogP contribution in [-0.4, -0.2) is 16.0 Å². The second-order valence-corrected chi connectivity index (χ2v) is 4.74. The van der Waals surface area contributed by atoms with Crippen molar-refractivity contribution in [3.05, 3.63) is 53.9 Å². The average Bonchev–Trinajstić information content (AvgIpc) is 2.45. The largest absolute Gasteiger partial charge is 0.485 e. The third-order valence-corrected chi connectivity index (χ3v) is 2.70. The Morgan fingerprint density at radius 1 is 1.25 bits per heavy atom. The summed E-state index contributed by atoms with van der Waals surface area (Å²) >= 11 is 0. The van der Waals surface area contributed by atoms with Gasteiger partial charge in [0.2, 0.25) is 0 Å². The second-order valence-electron chi connectivity index (χ2n) is 4.74. The van der Waals surface area contributed by atoms with Crippen LogP contribution in [0.15, 0.2) is 36.7 Å². The molecule has 2 rings (SSSR count). The summed E-state index contributed by atoms with van der Waals surface area (Å²) in [6.45, 7) is 4.90. The highest BCUT2D eigenvalue weighted by Crippen LogP contribution is 2.20. The van der Waals surface area contributed by atoms with Crippen molar-refractivity contribution in [2.24, 2.45) is 0 Å². The fraction of sp³-hybridized carbons (Fsp3) is 0.333. The predicted molar refractivity (Wildman–Crippen MR) is 74.7 cm³/mol. The monoisotopic (exact) mass is 275 g/mol. The molecule has 1 N–H and O–H groups in total. The first-order valence-electron chi connectivity index (χ1n) is 6.55. The molecule has 0 amide bonds. The molecule has 0 fully saturated rings. The number of halogens is 1. The normalized spacial score (nSPS) is 10.8. The lowest BCUT2D eigenvalue weighted by Crippen LogP contribution is -2.22. The molecule has 0 aliphatic rings. The second kappa shape index (κ2) is 6.96. The highest BCUT2D eigenvalue weighted by atomic mass is 19.1. The van der Waals surface area contributed by atoms with E-state index in [0.717, 1.165) is 5.56 Å². The molecule has 0 saturated heterocycles. The highest BCUT2D eigenvalue weighted by Gasteiger charge is 2.07. The van der Waals surface area contributed by atoms with Crippen LogP contribution in [0.5, 0.6) is 5.75 Å². The highest BCUT2D eigenvalue weighted by molar-refractivity contribution is 5.34. The third-order valence-electron chi connectivity index (χ3n) is 2.70. The Bertz CT molecular complexity index is 546. The predicted octanol–water partition coefficient (Wildman–Crippen LogP) is 2.69. The van der Waals surface area contributed by atoms with Crippen LogP contribution in [0.1, 0.15) is 25.2 Å². The summed E-state index contributed by atoms with van der Waals surface area (Å²) < 4.78 is 19.0. The van der Waals surface area contributed by atoms with Gasteiger partial charge in [0, 0.05) is 30.5 Å². The number of benzene rings is 1. The van der Waals surface area contributed by atoms with Gasteiger partial charge in [-0.05, 0) is 24.3 Å². The molecule has 0 atom stereocenters. The molecule has 2 aromatic rings. The van der Waals surface area contributed by atoms with E-state index in [4.69, 9.17) is 4.74 Å². The maximum absolute atomic E-state index is 13.3. The van der Waals surface area contributed by atoms with Crippen LogP contribution in [0.25, 0.3) is 0 Å². The van der Waals surface area contributed by atoms with E-state index < -0.39 is 0 Å². The molecular formula is C15H18FN3O. The maximum Gasteiger partial charge on any atom is 0.166 e. The van der Waals surface area contributed by atoms with Crippen LogP contribution in [0.4, 0.5) is 4.39 Å². The van der Waals surface area contributed by atoms with Gasteiger partial charge in [-0.3, -0.25) is 0 Å². The van der Waals surface area contributed by atoms with Crippen LogP contribution in [-0.2, 0) is 13.2 Å². The number of hydrogen-bond acceptors (Lipinski definition) is 4. The SMILES string of the molecule is CC(C)NCc1cc(F)ccc1OCc1ncccn1. The lowest BCUT2D eigenvalue weighted by Gasteiger charge is -2.13. The zero-order valence-corrected chi connectivity index (χ0v) is 11.6. The molecule has 0 spiro atoms. The van der Waals surface area contributed by atoms with Crippen molar-refractivity contribution >= 4 is 0 Å². The Kier molecular flexibility index (Phi) is 5.01. The summed E-state index contributed by atoms with van der Waals surface area (Å²) in [4.78, 5) is 8.18. The third kappa shape index (κ3) is 4.28. The van der Waals surface area contributed by atoms with E-state index >= 15 is 0 Å². The van der Waals surface area contributed by atoms with Gasteiger partial charge in [-0.15, -0.1) is 0 Å². The number of aromatic nitrogens is 2. The van der Waals surface area contributed by atoms with E-state index in [9.17, 15) is 4.39 Å². The van der Waals surface area contributed by atoms with E-state index in [1.54, 1.807) is 24.5 Å². The smallest absolute Gasteiger partial charge is 0.166 e. The summed E-state index contributed by atoms with van der Waals surface area (Å²) in [5, 5.41) is 3.25. The molecule has 1 aromatic carbocycles. The van der Waals surface area contributed by atoms with E-state index in [-0.39, 0.29) is 12.4 Å². The lowest BCUT2D eigenvalue weighted by molar-refractivity contribution is 0.291. The molecule has 0 radical (unpaired) electrons. The molecule has 0 aliphatic carbocycles. The van der Waals surface area contributed by atoms with E-state index in [1.807, 2.05) is 13.8 Å². The van der Waals surface area contributed by atoms with Crippen molar-refractivity contribution in [2.45, 2.75) is 33.0 Å².